The van der Waals surface area contributed by atoms with Crippen molar-refractivity contribution in [3.63, 3.8) is 0 Å². The molecular weight excluding hydrogens is 205 g/mol. The van der Waals surface area contributed by atoms with Gasteiger partial charge in [-0.3, -0.25) is 0 Å². The van der Waals surface area contributed by atoms with Crippen molar-refractivity contribution in [2.75, 3.05) is 4.93 Å². The number of hydrogen-bond donors (Lipinski definition) is 0. The van der Waals surface area contributed by atoms with Gasteiger partial charge in [-0.15, -0.1) is 0 Å². The number of hydrogen-bond acceptors (Lipinski definition) is 2. The molecule has 0 N–H and O–H groups in total. The van der Waals surface area contributed by atoms with Crippen LogP contribution in [0.4, 0.5) is 0 Å². The van der Waals surface area contributed by atoms with Crippen LogP contribution in [-0.2, 0) is 0 Å². The van der Waals surface area contributed by atoms with Gasteiger partial charge in [-0.1, -0.05) is 0 Å². The fourth-order valence-corrected chi connectivity index (χ4v) is 1.05. The van der Waals surface area contributed by atoms with Gasteiger partial charge in [0.25, 0.3) is 0 Å². The molecule has 0 bridgehead atoms. The maximum atomic E-state index is 3.75. The Bertz CT molecular complexity index is 125. The fraction of sp³-hybridized carbons (Fsp3) is 0.333. The molecule has 0 aliphatic carbocycles. The van der Waals surface area contributed by atoms with Crippen LogP contribution in [0.1, 0.15) is 0 Å². The Morgan fingerprint density at radius 2 is 2.57 bits per heavy atom. The average Bonchev–Trinajstić information content (AvgIpc) is 2.14. The second-order valence-electron chi connectivity index (χ2n) is 0.961. The number of alkyl halides is 1. The normalized spacial score (nSPS) is 9.86. The Labute approximate surface area is 52.3 Å². The quantitative estimate of drug-likeness (QED) is 0.360. The van der Waals surface area contributed by atoms with Gasteiger partial charge in [0.1, 0.15) is 0 Å². The maximum absolute atomic E-state index is 3.75. The zero-order chi connectivity index (χ0) is 5.11. The average molecular weight is 210 g/mol. The Balaban J connectivity index is 2.76. The zero-order valence-electron chi connectivity index (χ0n) is 3.87. The third-order valence-corrected chi connectivity index (χ3v) is 2.07. The van der Waals surface area contributed by atoms with E-state index < -0.39 is 0 Å². The van der Waals surface area contributed by atoms with Crippen molar-refractivity contribution in [3.05, 3.63) is 12.4 Å². The summed E-state index contributed by atoms with van der Waals surface area (Å²) >= 11 is 0.0900. The monoisotopic (exact) mass is 210 g/mol. The van der Waals surface area contributed by atoms with E-state index in [-0.39, 0.29) is 21.5 Å². The topological polar surface area (TPSA) is 30.7 Å². The summed E-state index contributed by atoms with van der Waals surface area (Å²) in [5, 5.41) is 7.38. The first-order chi connectivity index (χ1) is 3.43. The summed E-state index contributed by atoms with van der Waals surface area (Å²) < 4.78 is 1.87. The van der Waals surface area contributed by atoms with Gasteiger partial charge in [0.2, 0.25) is 0 Å². The van der Waals surface area contributed by atoms with Gasteiger partial charge in [-0.2, -0.15) is 0 Å². The molecule has 0 aromatic carbocycles. The fourth-order valence-electron chi connectivity index (χ4n) is 0.284. The Hall–Kier alpha value is -0.130. The summed E-state index contributed by atoms with van der Waals surface area (Å²) in [6.45, 7) is 0. The molecule has 0 saturated carbocycles. The minimum atomic E-state index is 0.0900. The van der Waals surface area contributed by atoms with Crippen molar-refractivity contribution in [2.45, 2.75) is 0 Å². The van der Waals surface area contributed by atoms with Gasteiger partial charge in [0.15, 0.2) is 0 Å². The van der Waals surface area contributed by atoms with Crippen LogP contribution in [0.5, 0.6) is 0 Å². The molecular formula is C3H5IN3-. The molecule has 1 rings (SSSR count). The van der Waals surface area contributed by atoms with Gasteiger partial charge in [0.05, 0.1) is 0 Å². The molecule has 7 heavy (non-hydrogen) atoms. The molecule has 0 amide bonds. The molecule has 3 nitrogen and oxygen atoms in total. The molecule has 0 saturated heterocycles. The van der Waals surface area contributed by atoms with Gasteiger partial charge in [-0.25, -0.2) is 0 Å². The minimum absolute atomic E-state index is 0.0900. The molecule has 0 unspecified atom stereocenters. The first kappa shape index (κ1) is 5.02. The number of rotatable bonds is 1. The van der Waals surface area contributed by atoms with Crippen LogP contribution in [0.25, 0.3) is 0 Å². The molecule has 1 aromatic heterocycles. The van der Waals surface area contributed by atoms with Crippen LogP contribution in [0, 0.1) is 0 Å². The summed E-state index contributed by atoms with van der Waals surface area (Å²) in [4.78, 5) is 2.13. The molecule has 40 valence electrons. The molecule has 0 spiro atoms. The van der Waals surface area contributed by atoms with Crippen LogP contribution in [0.2, 0.25) is 0 Å². The summed E-state index contributed by atoms with van der Waals surface area (Å²) in [5.74, 6) is 0. The van der Waals surface area contributed by atoms with Crippen molar-refractivity contribution in [1.29, 1.82) is 0 Å². The summed E-state index contributed by atoms with van der Waals surface area (Å²) in [7, 11) is 0. The van der Waals surface area contributed by atoms with Gasteiger partial charge >= 0.3 is 52.0 Å². The molecule has 0 radical (unpaired) electrons. The predicted octanol–water partition coefficient (Wildman–Crippen LogP) is -3.24. The zero-order valence-corrected chi connectivity index (χ0v) is 6.03. The van der Waals surface area contributed by atoms with E-state index in [4.69, 9.17) is 0 Å². The molecule has 4 heteroatoms. The third kappa shape index (κ3) is 1.12. The van der Waals surface area contributed by atoms with E-state index in [0.717, 1.165) is 0 Å². The first-order valence-corrected chi connectivity index (χ1v) is 4.92. The van der Waals surface area contributed by atoms with E-state index in [9.17, 15) is 0 Å². The van der Waals surface area contributed by atoms with Crippen molar-refractivity contribution < 1.29 is 21.5 Å². The SMILES string of the molecule is C[I-]n1ccnn1. The van der Waals surface area contributed by atoms with Gasteiger partial charge in [0, 0.05) is 0 Å². The van der Waals surface area contributed by atoms with E-state index in [0.29, 0.717) is 0 Å². The summed E-state index contributed by atoms with van der Waals surface area (Å²) in [6.07, 6.45) is 3.58. The van der Waals surface area contributed by atoms with Crippen LogP contribution in [0.15, 0.2) is 12.4 Å². The van der Waals surface area contributed by atoms with Crippen molar-refractivity contribution in [1.82, 2.24) is 13.2 Å². The first-order valence-electron chi connectivity index (χ1n) is 1.80. The standard InChI is InChI=1S/C3H5IN3/c1-4-7-3-2-5-6-7/h2-3H,1H3/q-1. The van der Waals surface area contributed by atoms with E-state index >= 15 is 0 Å². The summed E-state index contributed by atoms with van der Waals surface area (Å²) in [6, 6.07) is 0. The third-order valence-electron chi connectivity index (χ3n) is 0.567. The van der Waals surface area contributed by atoms with Crippen molar-refractivity contribution in [2.24, 2.45) is 0 Å². The summed E-state index contributed by atoms with van der Waals surface area (Å²) in [5.41, 5.74) is 0. The molecule has 1 heterocycles. The number of nitrogens with zero attached hydrogens (tertiary/aromatic N) is 3. The van der Waals surface area contributed by atoms with Gasteiger partial charge in [-0.05, 0) is 0 Å². The van der Waals surface area contributed by atoms with Crippen molar-refractivity contribution >= 4 is 0 Å². The van der Waals surface area contributed by atoms with Crippen LogP contribution in [-0.4, -0.2) is 18.1 Å². The van der Waals surface area contributed by atoms with Crippen molar-refractivity contribution in [3.8, 4) is 0 Å². The van der Waals surface area contributed by atoms with Crippen LogP contribution < -0.4 is 21.5 Å². The second-order valence-corrected chi connectivity index (χ2v) is 2.91. The van der Waals surface area contributed by atoms with Crippen LogP contribution >= 0.6 is 0 Å². The van der Waals surface area contributed by atoms with E-state index in [1.807, 2.05) is 9.09 Å². The second kappa shape index (κ2) is 2.25. The predicted molar refractivity (Wildman–Crippen MR) is 21.3 cm³/mol. The van der Waals surface area contributed by atoms with E-state index in [2.05, 4.69) is 15.2 Å². The molecule has 0 aliphatic heterocycles. The number of halogens is 1. The molecule has 0 aliphatic rings. The van der Waals surface area contributed by atoms with E-state index in [1.54, 1.807) is 6.20 Å². The molecule has 0 atom stereocenters. The molecule has 1 aromatic rings. The Morgan fingerprint density at radius 3 is 2.86 bits per heavy atom. The number of aromatic nitrogens is 3. The van der Waals surface area contributed by atoms with E-state index in [1.165, 1.54) is 0 Å². The van der Waals surface area contributed by atoms with Gasteiger partial charge < -0.3 is 0 Å². The Morgan fingerprint density at radius 1 is 1.71 bits per heavy atom. The Kier molecular flexibility index (Phi) is 1.61. The molecule has 0 fully saturated rings. The van der Waals surface area contributed by atoms with Crippen LogP contribution in [0.3, 0.4) is 0 Å².